The first kappa shape index (κ1) is 31.1. The van der Waals surface area contributed by atoms with Crippen LogP contribution in [-0.2, 0) is 4.79 Å². The van der Waals surface area contributed by atoms with E-state index < -0.39 is 71.8 Å². The van der Waals surface area contributed by atoms with Crippen LogP contribution in [0.5, 0.6) is 0 Å². The third-order valence-electron chi connectivity index (χ3n) is 4.64. The lowest BCUT2D eigenvalue weighted by atomic mass is 9.91. The minimum atomic E-state index is -8.44. The number of carbonyl (C=O) groups excluding carboxylic acids is 1. The van der Waals surface area contributed by atoms with Crippen molar-refractivity contribution in [2.24, 2.45) is 0 Å². The van der Waals surface area contributed by atoms with Crippen LogP contribution >= 0.6 is 0 Å². The number of amides is 1. The Morgan fingerprint density at radius 2 is 1.03 bits per heavy atom. The average molecular weight is 525 g/mol. The molecule has 3 nitrogen and oxygen atoms in total. The van der Waals surface area contributed by atoms with E-state index in [-0.39, 0.29) is 0 Å². The highest BCUT2D eigenvalue weighted by Gasteiger charge is 2.94. The predicted molar refractivity (Wildman–Crippen MR) is 80.3 cm³/mol. The molecule has 0 aliphatic heterocycles. The second-order valence-electron chi connectivity index (χ2n) is 6.63. The van der Waals surface area contributed by atoms with Crippen molar-refractivity contribution in [2.45, 2.75) is 55.6 Å². The number of halogens is 15. The summed E-state index contributed by atoms with van der Waals surface area (Å²) in [6.07, 6.45) is -6.76. The maximum Gasteiger partial charge on any atom is 0.460 e. The van der Waals surface area contributed by atoms with Crippen molar-refractivity contribution >= 4 is 5.91 Å². The summed E-state index contributed by atoms with van der Waals surface area (Å²) in [7, 11) is 0. The lowest BCUT2D eigenvalue weighted by Crippen LogP contribution is -2.75. The zero-order valence-electron chi connectivity index (χ0n) is 16.4. The van der Waals surface area contributed by atoms with Crippen LogP contribution < -0.4 is 5.43 Å². The van der Waals surface area contributed by atoms with E-state index in [1.54, 1.807) is 0 Å². The Bertz CT molecular complexity index is 725. The molecular weight excluding hydrogens is 509 g/mol. The van der Waals surface area contributed by atoms with Crippen LogP contribution in [0.4, 0.5) is 65.9 Å². The van der Waals surface area contributed by atoms with Gasteiger partial charge in [0.25, 0.3) is 0 Å². The smallest absolute Gasteiger partial charge is 0.263 e. The number of rotatable bonds is 11. The number of nitrogens with zero attached hydrogens (tertiary/aromatic N) is 1. The lowest BCUT2D eigenvalue weighted by molar-refractivity contribution is -0.953. The number of hydrogen-bond acceptors (Lipinski definition) is 1. The molecule has 0 unspecified atom stereocenters. The number of hydrogen-bond donors (Lipinski definition) is 1. The Morgan fingerprint density at radius 3 is 1.33 bits per heavy atom. The van der Waals surface area contributed by atoms with E-state index in [1.165, 1.54) is 0 Å². The summed E-state index contributed by atoms with van der Waals surface area (Å²) in [6, 6.07) is 0. The van der Waals surface area contributed by atoms with Gasteiger partial charge in [0.05, 0.1) is 13.1 Å². The van der Waals surface area contributed by atoms with Crippen LogP contribution in [0.25, 0.3) is 0 Å². The predicted octanol–water partition coefficient (Wildman–Crippen LogP) is 5.43. The molecule has 0 saturated heterocycles. The van der Waals surface area contributed by atoms with Crippen LogP contribution in [0.3, 0.4) is 0 Å². The molecule has 0 rings (SSSR count). The molecule has 0 aliphatic rings. The van der Waals surface area contributed by atoms with Gasteiger partial charge in [0, 0.05) is 0 Å². The molecule has 0 saturated carbocycles. The minimum Gasteiger partial charge on any atom is -0.263 e. The molecule has 0 fully saturated rings. The van der Waals surface area contributed by atoms with E-state index in [9.17, 15) is 70.7 Å². The Hall–Kier alpha value is -1.88. The van der Waals surface area contributed by atoms with Gasteiger partial charge in [-0.3, -0.25) is 4.79 Å². The number of alkyl halides is 15. The minimum absolute atomic E-state index is 0.418. The third kappa shape index (κ3) is 4.45. The topological polar surface area (TPSA) is 29.1 Å². The van der Waals surface area contributed by atoms with Crippen LogP contribution in [0.15, 0.2) is 12.7 Å². The number of nitrogens with one attached hydrogen (secondary N) is 1. The molecule has 196 valence electrons. The highest BCUT2D eigenvalue weighted by molar-refractivity contribution is 5.84. The Morgan fingerprint density at radius 1 is 0.697 bits per heavy atom. The summed E-state index contributed by atoms with van der Waals surface area (Å²) in [5.41, 5.74) is 1.10. The van der Waals surface area contributed by atoms with Gasteiger partial charge in [-0.1, -0.05) is 6.58 Å². The highest BCUT2D eigenvalue weighted by Crippen LogP contribution is 2.62. The van der Waals surface area contributed by atoms with Crippen LogP contribution in [0.2, 0.25) is 0 Å². The van der Waals surface area contributed by atoms with Crippen molar-refractivity contribution in [3.8, 4) is 0 Å². The molecule has 0 aromatic heterocycles. The van der Waals surface area contributed by atoms with Gasteiger partial charge < -0.3 is 0 Å². The fourth-order valence-electron chi connectivity index (χ4n) is 2.33. The molecule has 0 bridgehead atoms. The number of likely N-dealkylation sites (N-methyl/N-ethyl adjacent to an activating group) is 1. The van der Waals surface area contributed by atoms with Gasteiger partial charge in [-0.2, -0.15) is 71.3 Å². The Kier molecular flexibility index (Phi) is 8.22. The van der Waals surface area contributed by atoms with E-state index in [2.05, 4.69) is 6.58 Å². The average Bonchev–Trinajstić information content (AvgIpc) is 2.65. The van der Waals surface area contributed by atoms with E-state index in [4.69, 9.17) is 0 Å². The maximum absolute atomic E-state index is 13.9. The van der Waals surface area contributed by atoms with Crippen molar-refractivity contribution < 1.29 is 75.2 Å². The molecule has 0 spiro atoms. The molecular formula is C15H16F15N2O+. The quantitative estimate of drug-likeness (QED) is 0.166. The van der Waals surface area contributed by atoms with Crippen molar-refractivity contribution in [1.82, 2.24) is 5.43 Å². The number of quaternary nitrogens is 1. The van der Waals surface area contributed by atoms with Crippen molar-refractivity contribution in [3.05, 3.63) is 12.7 Å². The summed E-state index contributed by atoms with van der Waals surface area (Å²) in [6.45, 7) is 4.06. The van der Waals surface area contributed by atoms with Gasteiger partial charge in [0.15, 0.2) is 0 Å². The fraction of sp³-hybridized carbons (Fsp3) is 0.800. The first-order valence-corrected chi connectivity index (χ1v) is 8.44. The Labute approximate surface area is 175 Å². The first-order valence-electron chi connectivity index (χ1n) is 8.44. The molecule has 33 heavy (non-hydrogen) atoms. The van der Waals surface area contributed by atoms with Crippen LogP contribution in [-0.4, -0.2) is 71.8 Å². The van der Waals surface area contributed by atoms with Gasteiger partial charge in [0.1, 0.15) is 6.54 Å². The molecule has 0 aliphatic carbocycles. The van der Waals surface area contributed by atoms with Crippen LogP contribution in [0, 0.1) is 0 Å². The summed E-state index contributed by atoms with van der Waals surface area (Å²) >= 11 is 0. The summed E-state index contributed by atoms with van der Waals surface area (Å²) in [5, 5.41) is 0. The standard InChI is InChI=1S/C15H15F15N2O/c1-4-7-32(5-2,6-3)31-8(33)9(16,17)10(18,19)11(20,21)12(22,23)13(24,25)14(26,27)15(28,29)30/h4H,1,5-7H2,2-3H3/p+1. The first-order chi connectivity index (χ1) is 14.3. The van der Waals surface area contributed by atoms with Gasteiger partial charge in [0.2, 0.25) is 0 Å². The van der Waals surface area contributed by atoms with E-state index >= 15 is 0 Å². The molecule has 18 heteroatoms. The molecule has 0 radical (unpaired) electrons. The second kappa shape index (κ2) is 8.72. The lowest BCUT2D eigenvalue weighted by Gasteiger charge is -2.42. The highest BCUT2D eigenvalue weighted by atomic mass is 19.4. The molecule has 1 amide bonds. The van der Waals surface area contributed by atoms with Crippen molar-refractivity contribution in [1.29, 1.82) is 0 Å². The summed E-state index contributed by atoms with van der Waals surface area (Å²) in [5.74, 6) is -51.5. The van der Waals surface area contributed by atoms with Gasteiger partial charge in [-0.15, -0.1) is 0 Å². The van der Waals surface area contributed by atoms with Gasteiger partial charge >= 0.3 is 47.6 Å². The molecule has 0 heterocycles. The summed E-state index contributed by atoms with van der Waals surface area (Å²) < 4.78 is 196. The van der Waals surface area contributed by atoms with Crippen LogP contribution in [0.1, 0.15) is 13.8 Å². The molecule has 0 atom stereocenters. The molecule has 0 aromatic rings. The van der Waals surface area contributed by atoms with E-state index in [0.29, 0.717) is 0 Å². The van der Waals surface area contributed by atoms with Gasteiger partial charge in [-0.05, 0) is 19.9 Å². The second-order valence-corrected chi connectivity index (χ2v) is 6.63. The van der Waals surface area contributed by atoms with Crippen molar-refractivity contribution in [3.63, 3.8) is 0 Å². The monoisotopic (exact) mass is 525 g/mol. The summed E-state index contributed by atoms with van der Waals surface area (Å²) in [4.78, 5) is 11.6. The van der Waals surface area contributed by atoms with E-state index in [0.717, 1.165) is 25.3 Å². The zero-order valence-corrected chi connectivity index (χ0v) is 16.4. The third-order valence-corrected chi connectivity index (χ3v) is 4.64. The van der Waals surface area contributed by atoms with E-state index in [1.807, 2.05) is 0 Å². The number of carbonyl (C=O) groups is 1. The normalized spacial score (nSPS) is 15.4. The zero-order chi connectivity index (χ0) is 27.1. The maximum atomic E-state index is 13.9. The Balaban J connectivity index is 6.59. The molecule has 0 aromatic carbocycles. The van der Waals surface area contributed by atoms with Crippen molar-refractivity contribution in [2.75, 3.05) is 19.6 Å². The fourth-order valence-corrected chi connectivity index (χ4v) is 2.33. The largest absolute Gasteiger partial charge is 0.460 e. The SMILES string of the molecule is C=CC[N+](CC)(CC)NC(=O)C(F)(F)C(F)(F)C(F)(F)C(F)(F)C(F)(F)C(F)(F)C(F)(F)F. The van der Waals surface area contributed by atoms with Gasteiger partial charge in [-0.25, -0.2) is 4.59 Å². The molecule has 1 N–H and O–H groups in total.